The van der Waals surface area contributed by atoms with Gasteiger partial charge >= 0.3 is 0 Å². The molecule has 4 aromatic carbocycles. The lowest BCUT2D eigenvalue weighted by Gasteiger charge is -2.31. The zero-order chi connectivity index (χ0) is 24.3. The van der Waals surface area contributed by atoms with Crippen LogP contribution in [0.2, 0.25) is 0 Å². The average Bonchev–Trinajstić information content (AvgIpc) is 3.39. The first-order valence-electron chi connectivity index (χ1n) is 12.0. The number of hydrogen-bond acceptors (Lipinski definition) is 5. The summed E-state index contributed by atoms with van der Waals surface area (Å²) in [5, 5.41) is 8.48. The summed E-state index contributed by atoms with van der Waals surface area (Å²) < 4.78 is 6.07. The van der Waals surface area contributed by atoms with Gasteiger partial charge in [0, 0.05) is 28.6 Å². The summed E-state index contributed by atoms with van der Waals surface area (Å²) in [6.07, 6.45) is 0.803. The van der Waals surface area contributed by atoms with Crippen LogP contribution in [-0.2, 0) is 19.5 Å². The SMILES string of the molecule is O=C(NCc1csc(Cc2ccccc2)n1)c1cccc(N2COc3ccc4ccccc4c3C2)c1. The fraction of sp³-hybridized carbons (Fsp3) is 0.133. The summed E-state index contributed by atoms with van der Waals surface area (Å²) in [5.41, 5.74) is 4.86. The molecule has 0 spiro atoms. The summed E-state index contributed by atoms with van der Waals surface area (Å²) in [4.78, 5) is 19.8. The third-order valence-corrected chi connectivity index (χ3v) is 7.32. The van der Waals surface area contributed by atoms with Crippen LogP contribution in [0.4, 0.5) is 5.69 Å². The van der Waals surface area contributed by atoms with E-state index in [-0.39, 0.29) is 5.91 Å². The van der Waals surface area contributed by atoms with Gasteiger partial charge in [0.1, 0.15) is 5.75 Å². The topological polar surface area (TPSA) is 54.5 Å². The Kier molecular flexibility index (Phi) is 6.10. The second kappa shape index (κ2) is 9.84. The summed E-state index contributed by atoms with van der Waals surface area (Å²) in [5.74, 6) is 0.812. The standard InChI is InChI=1S/C30H25N3O2S/c34-30(31-17-24-19-36-29(32-24)15-21-7-2-1-3-8-21)23-10-6-11-25(16-23)33-18-27-26-12-5-4-9-22(26)13-14-28(27)35-20-33/h1-14,16,19H,15,17-18,20H2,(H,31,34). The van der Waals surface area contributed by atoms with E-state index in [0.29, 0.717) is 18.8 Å². The fourth-order valence-electron chi connectivity index (χ4n) is 4.56. The number of nitrogens with zero attached hydrogens (tertiary/aromatic N) is 2. The zero-order valence-corrected chi connectivity index (χ0v) is 20.5. The van der Waals surface area contributed by atoms with Gasteiger partial charge in [-0.25, -0.2) is 4.98 Å². The molecule has 0 fully saturated rings. The minimum absolute atomic E-state index is 0.113. The van der Waals surface area contributed by atoms with E-state index in [4.69, 9.17) is 4.74 Å². The summed E-state index contributed by atoms with van der Waals surface area (Å²) in [6, 6.07) is 30.5. The first-order valence-corrected chi connectivity index (χ1v) is 12.8. The maximum atomic E-state index is 12.9. The highest BCUT2D eigenvalue weighted by Gasteiger charge is 2.20. The third-order valence-electron chi connectivity index (χ3n) is 6.42. The smallest absolute Gasteiger partial charge is 0.251 e. The molecular weight excluding hydrogens is 466 g/mol. The van der Waals surface area contributed by atoms with E-state index in [0.717, 1.165) is 35.1 Å². The van der Waals surface area contributed by atoms with Crippen LogP contribution in [0, 0.1) is 0 Å². The Balaban J connectivity index is 1.13. The van der Waals surface area contributed by atoms with Crippen molar-refractivity contribution in [1.82, 2.24) is 10.3 Å². The van der Waals surface area contributed by atoms with Crippen molar-refractivity contribution in [3.8, 4) is 5.75 Å². The molecule has 5 nitrogen and oxygen atoms in total. The number of rotatable bonds is 6. The summed E-state index contributed by atoms with van der Waals surface area (Å²) in [7, 11) is 0. The number of amides is 1. The van der Waals surface area contributed by atoms with Crippen LogP contribution >= 0.6 is 11.3 Å². The zero-order valence-electron chi connectivity index (χ0n) is 19.7. The van der Waals surface area contributed by atoms with Crippen molar-refractivity contribution in [2.24, 2.45) is 0 Å². The van der Waals surface area contributed by atoms with Gasteiger partial charge in [0.2, 0.25) is 0 Å². The molecule has 0 bridgehead atoms. The second-order valence-electron chi connectivity index (χ2n) is 8.86. The highest BCUT2D eigenvalue weighted by atomic mass is 32.1. The molecule has 1 amide bonds. The van der Waals surface area contributed by atoms with Gasteiger partial charge < -0.3 is 15.0 Å². The van der Waals surface area contributed by atoms with Crippen molar-refractivity contribution in [3.05, 3.63) is 124 Å². The van der Waals surface area contributed by atoms with Gasteiger partial charge in [-0.2, -0.15) is 0 Å². The van der Waals surface area contributed by atoms with Gasteiger partial charge in [0.25, 0.3) is 5.91 Å². The first-order chi connectivity index (χ1) is 17.7. The van der Waals surface area contributed by atoms with Crippen LogP contribution in [0.15, 0.2) is 96.4 Å². The molecule has 2 heterocycles. The first kappa shape index (κ1) is 22.3. The molecule has 1 aliphatic heterocycles. The molecule has 1 aliphatic rings. The van der Waals surface area contributed by atoms with Crippen LogP contribution in [0.25, 0.3) is 10.8 Å². The number of benzene rings is 4. The molecule has 1 N–H and O–H groups in total. The van der Waals surface area contributed by atoms with E-state index in [1.807, 2.05) is 60.0 Å². The Morgan fingerprint density at radius 1 is 0.972 bits per heavy atom. The Labute approximate surface area is 214 Å². The van der Waals surface area contributed by atoms with Crippen molar-refractivity contribution in [2.75, 3.05) is 11.6 Å². The van der Waals surface area contributed by atoms with Crippen LogP contribution in [0.5, 0.6) is 5.75 Å². The predicted octanol–water partition coefficient (Wildman–Crippen LogP) is 6.17. The van der Waals surface area contributed by atoms with E-state index >= 15 is 0 Å². The Morgan fingerprint density at radius 2 is 1.83 bits per heavy atom. The lowest BCUT2D eigenvalue weighted by Crippen LogP contribution is -2.32. The molecule has 0 saturated heterocycles. The van der Waals surface area contributed by atoms with E-state index in [1.165, 1.54) is 21.9 Å². The minimum Gasteiger partial charge on any atom is -0.473 e. The number of fused-ring (bicyclic) bond motifs is 3. The number of thiazole rings is 1. The van der Waals surface area contributed by atoms with E-state index in [9.17, 15) is 4.79 Å². The minimum atomic E-state index is -0.113. The second-order valence-corrected chi connectivity index (χ2v) is 9.81. The van der Waals surface area contributed by atoms with Crippen molar-refractivity contribution in [3.63, 3.8) is 0 Å². The number of aromatic nitrogens is 1. The highest BCUT2D eigenvalue weighted by molar-refractivity contribution is 7.09. The van der Waals surface area contributed by atoms with Crippen LogP contribution in [0.3, 0.4) is 0 Å². The largest absolute Gasteiger partial charge is 0.473 e. The van der Waals surface area contributed by atoms with Crippen molar-refractivity contribution >= 4 is 33.7 Å². The number of carbonyl (C=O) groups is 1. The van der Waals surface area contributed by atoms with Crippen molar-refractivity contribution in [1.29, 1.82) is 0 Å². The molecule has 0 radical (unpaired) electrons. The number of carbonyl (C=O) groups excluding carboxylic acids is 1. The fourth-order valence-corrected chi connectivity index (χ4v) is 5.39. The average molecular weight is 492 g/mol. The normalized spacial score (nSPS) is 12.7. The number of anilines is 1. The molecule has 0 saturated carbocycles. The molecule has 178 valence electrons. The molecule has 5 aromatic rings. The van der Waals surface area contributed by atoms with Crippen molar-refractivity contribution < 1.29 is 9.53 Å². The Hall–Kier alpha value is -4.16. The van der Waals surface area contributed by atoms with Gasteiger partial charge in [0.15, 0.2) is 6.73 Å². The summed E-state index contributed by atoms with van der Waals surface area (Å²) >= 11 is 1.63. The third kappa shape index (κ3) is 4.68. The highest BCUT2D eigenvalue weighted by Crippen LogP contribution is 2.34. The Bertz CT molecular complexity index is 1530. The molecule has 1 aromatic heterocycles. The van der Waals surface area contributed by atoms with Gasteiger partial charge in [-0.15, -0.1) is 11.3 Å². The van der Waals surface area contributed by atoms with Gasteiger partial charge in [-0.1, -0.05) is 66.7 Å². The van der Waals surface area contributed by atoms with E-state index in [1.54, 1.807) is 11.3 Å². The molecular formula is C30H25N3O2S. The van der Waals surface area contributed by atoms with Gasteiger partial charge in [-0.05, 0) is 40.6 Å². The summed E-state index contributed by atoms with van der Waals surface area (Å²) in [6.45, 7) is 1.57. The van der Waals surface area contributed by atoms with Crippen molar-refractivity contribution in [2.45, 2.75) is 19.5 Å². The molecule has 0 atom stereocenters. The predicted molar refractivity (Wildman–Crippen MR) is 145 cm³/mol. The lowest BCUT2D eigenvalue weighted by molar-refractivity contribution is 0.0950. The number of ether oxygens (including phenoxy) is 1. The number of hydrogen-bond donors (Lipinski definition) is 1. The molecule has 6 rings (SSSR count). The van der Waals surface area contributed by atoms with Crippen LogP contribution < -0.4 is 15.0 Å². The van der Waals surface area contributed by atoms with Gasteiger partial charge in [0.05, 0.1) is 23.8 Å². The van der Waals surface area contributed by atoms with E-state index < -0.39 is 0 Å². The molecule has 36 heavy (non-hydrogen) atoms. The quantitative estimate of drug-likeness (QED) is 0.308. The maximum absolute atomic E-state index is 12.9. The number of nitrogens with one attached hydrogen (secondary N) is 1. The molecule has 6 heteroatoms. The Morgan fingerprint density at radius 3 is 2.75 bits per heavy atom. The van der Waals surface area contributed by atoms with Crippen LogP contribution in [-0.4, -0.2) is 17.6 Å². The van der Waals surface area contributed by atoms with E-state index in [2.05, 4.69) is 51.6 Å². The van der Waals surface area contributed by atoms with Gasteiger partial charge in [-0.3, -0.25) is 4.79 Å². The lowest BCUT2D eigenvalue weighted by atomic mass is 10.0. The molecule has 0 aliphatic carbocycles. The molecule has 0 unspecified atom stereocenters. The monoisotopic (exact) mass is 491 g/mol. The van der Waals surface area contributed by atoms with Crippen LogP contribution in [0.1, 0.15) is 32.2 Å². The maximum Gasteiger partial charge on any atom is 0.251 e.